The van der Waals surface area contributed by atoms with E-state index in [2.05, 4.69) is 0 Å². The molecule has 1 saturated heterocycles. The number of rotatable bonds is 5. The zero-order valence-electron chi connectivity index (χ0n) is 10.5. The van der Waals surface area contributed by atoms with Crippen LogP contribution >= 0.6 is 34.7 Å². The number of carbonyl (C=O) groups is 2. The van der Waals surface area contributed by atoms with Crippen LogP contribution in [0.25, 0.3) is 0 Å². The van der Waals surface area contributed by atoms with Crippen LogP contribution in [-0.4, -0.2) is 51.4 Å². The molecule has 1 aromatic rings. The molecular weight excluding hydrogens is 322 g/mol. The fourth-order valence-electron chi connectivity index (χ4n) is 2.07. The number of carbonyl (C=O) groups excluding carboxylic acids is 1. The lowest BCUT2D eigenvalue weighted by atomic mass is 10.2. The third-order valence-corrected chi connectivity index (χ3v) is 5.36. The van der Waals surface area contributed by atoms with E-state index in [1.165, 1.54) is 28.0 Å². The van der Waals surface area contributed by atoms with Crippen molar-refractivity contribution in [3.8, 4) is 0 Å². The van der Waals surface area contributed by atoms with Crippen LogP contribution in [-0.2, 0) is 15.3 Å². The van der Waals surface area contributed by atoms with Crippen molar-refractivity contribution in [3.05, 3.63) is 21.3 Å². The van der Waals surface area contributed by atoms with Gasteiger partial charge < -0.3 is 15.1 Å². The third-order valence-electron chi connectivity index (χ3n) is 2.98. The Morgan fingerprint density at radius 1 is 1.50 bits per heavy atom. The minimum atomic E-state index is -1.06. The number of amides is 1. The number of β-amino-alcohol motifs (C(OH)–C–C–N with tert-alkyl or cyclic N) is 1. The maximum Gasteiger partial charge on any atom is 0.326 e. The second kappa shape index (κ2) is 6.80. The zero-order chi connectivity index (χ0) is 14.7. The monoisotopic (exact) mass is 335 g/mol. The van der Waals surface area contributed by atoms with Crippen LogP contribution in [0.2, 0.25) is 4.34 Å². The van der Waals surface area contributed by atoms with Crippen molar-refractivity contribution in [2.75, 3.05) is 12.3 Å². The number of halogens is 1. The first-order valence-electron chi connectivity index (χ1n) is 5.99. The highest BCUT2D eigenvalue weighted by Crippen LogP contribution is 2.26. The predicted octanol–water partition coefficient (Wildman–Crippen LogP) is 1.68. The van der Waals surface area contributed by atoms with Crippen LogP contribution in [0.4, 0.5) is 0 Å². The van der Waals surface area contributed by atoms with Crippen LogP contribution in [0, 0.1) is 0 Å². The Kier molecular flexibility index (Phi) is 5.31. The van der Waals surface area contributed by atoms with Crippen molar-refractivity contribution in [2.45, 2.75) is 24.3 Å². The van der Waals surface area contributed by atoms with Gasteiger partial charge in [0.2, 0.25) is 5.91 Å². The number of nitrogens with zero attached hydrogens (tertiary/aromatic N) is 1. The van der Waals surface area contributed by atoms with Crippen molar-refractivity contribution in [1.29, 1.82) is 0 Å². The molecule has 0 saturated carbocycles. The minimum Gasteiger partial charge on any atom is -0.480 e. The van der Waals surface area contributed by atoms with Gasteiger partial charge in [-0.1, -0.05) is 11.6 Å². The van der Waals surface area contributed by atoms with Crippen molar-refractivity contribution in [1.82, 2.24) is 4.90 Å². The van der Waals surface area contributed by atoms with Gasteiger partial charge in [-0.25, -0.2) is 4.79 Å². The molecule has 110 valence electrons. The minimum absolute atomic E-state index is 0.0984. The van der Waals surface area contributed by atoms with Crippen molar-refractivity contribution in [3.63, 3.8) is 0 Å². The fourth-order valence-corrected chi connectivity index (χ4v) is 4.18. The molecule has 0 radical (unpaired) electrons. The second-order valence-electron chi connectivity index (χ2n) is 4.49. The molecule has 20 heavy (non-hydrogen) atoms. The van der Waals surface area contributed by atoms with Gasteiger partial charge in [0.05, 0.1) is 16.2 Å². The summed E-state index contributed by atoms with van der Waals surface area (Å²) in [5.74, 6) is -0.449. The molecule has 2 unspecified atom stereocenters. The fraction of sp³-hybridized carbons (Fsp3) is 0.500. The molecule has 1 fully saturated rings. The standard InChI is InChI=1S/C12H14ClNO4S2/c13-10-2-1-8(20-10)5-19-6-11(16)14-4-7(15)3-9(14)12(17)18/h1-2,7,9,15H,3-6H2,(H,17,18). The van der Waals surface area contributed by atoms with Crippen LogP contribution in [0.5, 0.6) is 0 Å². The molecule has 1 aliphatic rings. The van der Waals surface area contributed by atoms with Gasteiger partial charge in [0.1, 0.15) is 6.04 Å². The first-order valence-corrected chi connectivity index (χ1v) is 8.34. The number of carboxylic acids is 1. The summed E-state index contributed by atoms with van der Waals surface area (Å²) in [6, 6.07) is 2.81. The number of aliphatic carboxylic acids is 1. The van der Waals surface area contributed by atoms with Gasteiger partial charge in [0, 0.05) is 23.6 Å². The quantitative estimate of drug-likeness (QED) is 0.856. The molecule has 8 heteroatoms. The van der Waals surface area contributed by atoms with Gasteiger partial charge >= 0.3 is 5.97 Å². The highest BCUT2D eigenvalue weighted by atomic mass is 35.5. The molecule has 5 nitrogen and oxygen atoms in total. The second-order valence-corrected chi connectivity index (χ2v) is 7.27. The van der Waals surface area contributed by atoms with E-state index in [1.807, 2.05) is 6.07 Å². The summed E-state index contributed by atoms with van der Waals surface area (Å²) in [6.07, 6.45) is -0.645. The van der Waals surface area contributed by atoms with Gasteiger partial charge in [0.25, 0.3) is 0 Å². The Labute approximate surface area is 129 Å². The van der Waals surface area contributed by atoms with E-state index in [9.17, 15) is 14.7 Å². The summed E-state index contributed by atoms with van der Waals surface area (Å²) in [5, 5.41) is 18.5. The topological polar surface area (TPSA) is 77.8 Å². The molecule has 1 aliphatic heterocycles. The molecule has 2 heterocycles. The Bertz CT molecular complexity index is 507. The van der Waals surface area contributed by atoms with Crippen molar-refractivity contribution >= 4 is 46.6 Å². The van der Waals surface area contributed by atoms with Crippen LogP contribution in [0.15, 0.2) is 12.1 Å². The Morgan fingerprint density at radius 3 is 2.85 bits per heavy atom. The molecule has 1 amide bonds. The Hall–Kier alpha value is -0.760. The number of likely N-dealkylation sites (tertiary alicyclic amines) is 1. The van der Waals surface area contributed by atoms with Gasteiger partial charge in [-0.15, -0.1) is 23.1 Å². The molecule has 0 bridgehead atoms. The van der Waals surface area contributed by atoms with Crippen LogP contribution in [0.1, 0.15) is 11.3 Å². The highest BCUT2D eigenvalue weighted by Gasteiger charge is 2.38. The van der Waals surface area contributed by atoms with E-state index in [1.54, 1.807) is 6.07 Å². The average Bonchev–Trinajstić information content (AvgIpc) is 2.95. The first-order chi connectivity index (χ1) is 9.47. The summed E-state index contributed by atoms with van der Waals surface area (Å²) < 4.78 is 0.709. The maximum atomic E-state index is 12.0. The van der Waals surface area contributed by atoms with E-state index >= 15 is 0 Å². The van der Waals surface area contributed by atoms with Crippen molar-refractivity contribution < 1.29 is 19.8 Å². The average molecular weight is 336 g/mol. The van der Waals surface area contributed by atoms with Crippen LogP contribution in [0.3, 0.4) is 0 Å². The van der Waals surface area contributed by atoms with Crippen LogP contribution < -0.4 is 0 Å². The molecule has 2 rings (SSSR count). The summed E-state index contributed by atoms with van der Waals surface area (Å²) in [5.41, 5.74) is 0. The lowest BCUT2D eigenvalue weighted by Crippen LogP contribution is -2.41. The normalized spacial score (nSPS) is 22.2. The zero-order valence-corrected chi connectivity index (χ0v) is 12.9. The predicted molar refractivity (Wildman–Crippen MR) is 79.3 cm³/mol. The number of thioether (sulfide) groups is 1. The maximum absolute atomic E-state index is 12.0. The molecular formula is C12H14ClNO4S2. The van der Waals surface area contributed by atoms with E-state index in [4.69, 9.17) is 16.7 Å². The Morgan fingerprint density at radius 2 is 2.25 bits per heavy atom. The number of carboxylic acid groups (broad SMARTS) is 1. The van der Waals surface area contributed by atoms with E-state index in [-0.39, 0.29) is 24.6 Å². The Balaban J connectivity index is 1.83. The largest absolute Gasteiger partial charge is 0.480 e. The molecule has 1 aromatic heterocycles. The van der Waals surface area contributed by atoms with Gasteiger partial charge in [-0.05, 0) is 12.1 Å². The SMILES string of the molecule is O=C(O)C1CC(O)CN1C(=O)CSCc1ccc(Cl)s1. The molecule has 2 atom stereocenters. The highest BCUT2D eigenvalue weighted by molar-refractivity contribution is 7.99. The lowest BCUT2D eigenvalue weighted by molar-refractivity contribution is -0.147. The smallest absolute Gasteiger partial charge is 0.326 e. The summed E-state index contributed by atoms with van der Waals surface area (Å²) in [4.78, 5) is 25.4. The molecule has 2 N–H and O–H groups in total. The summed E-state index contributed by atoms with van der Waals surface area (Å²) in [6.45, 7) is 0.0984. The van der Waals surface area contributed by atoms with Crippen molar-refractivity contribution in [2.24, 2.45) is 0 Å². The summed E-state index contributed by atoms with van der Waals surface area (Å²) in [7, 11) is 0. The molecule has 0 spiro atoms. The third kappa shape index (κ3) is 3.88. The van der Waals surface area contributed by atoms with Gasteiger partial charge in [-0.2, -0.15) is 0 Å². The number of hydrogen-bond donors (Lipinski definition) is 2. The van der Waals surface area contributed by atoms with Gasteiger partial charge in [-0.3, -0.25) is 4.79 Å². The molecule has 0 aromatic carbocycles. The number of aliphatic hydroxyl groups excluding tert-OH is 1. The van der Waals surface area contributed by atoms with E-state index < -0.39 is 18.1 Å². The number of hydrogen-bond acceptors (Lipinski definition) is 5. The number of thiophene rings is 1. The van der Waals surface area contributed by atoms with E-state index in [0.717, 1.165) is 4.88 Å². The molecule has 0 aliphatic carbocycles. The number of aliphatic hydroxyl groups is 1. The lowest BCUT2D eigenvalue weighted by Gasteiger charge is -2.20. The van der Waals surface area contributed by atoms with Gasteiger partial charge in [0.15, 0.2) is 0 Å². The summed E-state index contributed by atoms with van der Waals surface area (Å²) >= 11 is 8.70. The van der Waals surface area contributed by atoms with E-state index in [0.29, 0.717) is 10.1 Å². The first kappa shape index (κ1) is 15.6.